The molecule has 6 nitrogen and oxygen atoms in total. The van der Waals surface area contributed by atoms with Crippen LogP contribution in [0, 0.1) is 0 Å². The maximum absolute atomic E-state index is 11.7. The zero-order valence-electron chi connectivity index (χ0n) is 9.34. The number of nitrogen functional groups attached to an aromatic ring is 1. The summed E-state index contributed by atoms with van der Waals surface area (Å²) in [4.78, 5) is 3.50. The fourth-order valence-corrected chi connectivity index (χ4v) is 2.20. The molecule has 0 aliphatic heterocycles. The van der Waals surface area contributed by atoms with Gasteiger partial charge in [0.2, 0.25) is 10.0 Å². The Kier molecular flexibility index (Phi) is 5.38. The molecule has 3 N–H and O–H groups in total. The van der Waals surface area contributed by atoms with Crippen LogP contribution in [0.3, 0.4) is 0 Å². The highest BCUT2D eigenvalue weighted by molar-refractivity contribution is 7.89. The van der Waals surface area contributed by atoms with Crippen molar-refractivity contribution in [1.82, 2.24) is 9.71 Å². The fourth-order valence-electron chi connectivity index (χ4n) is 1.11. The lowest BCUT2D eigenvalue weighted by atomic mass is 10.4. The van der Waals surface area contributed by atoms with E-state index in [1.165, 1.54) is 12.3 Å². The first kappa shape index (κ1) is 14.7. The molecular weight excluding hydrogens is 268 g/mol. The zero-order chi connectivity index (χ0) is 13.6. The Balaban J connectivity index is 2.49. The summed E-state index contributed by atoms with van der Waals surface area (Å²) in [6.45, 7) is -0.996. The van der Waals surface area contributed by atoms with Crippen molar-refractivity contribution in [2.24, 2.45) is 0 Å². The van der Waals surface area contributed by atoms with Crippen LogP contribution in [0.15, 0.2) is 23.4 Å². The molecule has 0 saturated heterocycles. The van der Waals surface area contributed by atoms with E-state index in [0.29, 0.717) is 0 Å². The fraction of sp³-hybridized carbons (Fsp3) is 0.444. The largest absolute Gasteiger partial charge is 0.398 e. The molecule has 0 aliphatic rings. The summed E-state index contributed by atoms with van der Waals surface area (Å²) in [6.07, 6.45) is -0.104. The average Bonchev–Trinajstić information content (AvgIpc) is 2.28. The molecule has 1 aromatic heterocycles. The number of sulfonamides is 1. The first-order valence-electron chi connectivity index (χ1n) is 4.98. The van der Waals surface area contributed by atoms with E-state index in [1.54, 1.807) is 0 Å². The average molecular weight is 281 g/mol. The second kappa shape index (κ2) is 6.57. The Morgan fingerprint density at radius 3 is 2.83 bits per heavy atom. The molecule has 0 atom stereocenters. The van der Waals surface area contributed by atoms with E-state index in [-0.39, 0.29) is 23.7 Å². The molecule has 0 spiro atoms. The molecule has 0 aromatic carbocycles. The van der Waals surface area contributed by atoms with Gasteiger partial charge in [-0.2, -0.15) is 0 Å². The van der Waals surface area contributed by atoms with Gasteiger partial charge in [0.05, 0.1) is 12.3 Å². The number of alkyl halides is 2. The topological polar surface area (TPSA) is 94.3 Å². The molecule has 0 aliphatic carbocycles. The van der Waals surface area contributed by atoms with E-state index in [9.17, 15) is 17.2 Å². The second-order valence-corrected chi connectivity index (χ2v) is 5.01. The van der Waals surface area contributed by atoms with Crippen LogP contribution in [0.1, 0.15) is 0 Å². The van der Waals surface area contributed by atoms with Crippen molar-refractivity contribution in [2.45, 2.75) is 11.3 Å². The van der Waals surface area contributed by atoms with Gasteiger partial charge < -0.3 is 10.5 Å². The van der Waals surface area contributed by atoms with E-state index in [2.05, 4.69) is 14.4 Å². The number of anilines is 1. The van der Waals surface area contributed by atoms with Gasteiger partial charge in [-0.05, 0) is 6.07 Å². The number of nitrogens with two attached hydrogens (primary N) is 1. The van der Waals surface area contributed by atoms with Crippen molar-refractivity contribution < 1.29 is 21.9 Å². The molecule has 0 fully saturated rings. The van der Waals surface area contributed by atoms with Crippen molar-refractivity contribution >= 4 is 15.7 Å². The lowest BCUT2D eigenvalue weighted by Gasteiger charge is -2.08. The Labute approximate surface area is 103 Å². The Bertz CT molecular complexity index is 482. The van der Waals surface area contributed by atoms with Crippen LogP contribution in [0.25, 0.3) is 0 Å². The third-order valence-electron chi connectivity index (χ3n) is 1.89. The molecule has 1 aromatic rings. The number of nitrogens with zero attached hydrogens (tertiary/aromatic N) is 1. The van der Waals surface area contributed by atoms with Gasteiger partial charge in [-0.1, -0.05) is 0 Å². The van der Waals surface area contributed by atoms with Crippen LogP contribution in [-0.2, 0) is 14.8 Å². The standard InChI is InChI=1S/C9H13F2N3O3S/c10-9(11)6-17-4-3-14-18(15,16)8-5-13-2-1-7(8)12/h1-2,5,9,14H,3-4,6H2,(H2,12,13). The maximum Gasteiger partial charge on any atom is 0.261 e. The summed E-state index contributed by atoms with van der Waals surface area (Å²) in [6, 6.07) is 1.35. The summed E-state index contributed by atoms with van der Waals surface area (Å²) >= 11 is 0. The summed E-state index contributed by atoms with van der Waals surface area (Å²) < 4.78 is 53.6. The lowest BCUT2D eigenvalue weighted by Crippen LogP contribution is -2.28. The highest BCUT2D eigenvalue weighted by Crippen LogP contribution is 2.14. The summed E-state index contributed by atoms with van der Waals surface area (Å²) in [5, 5.41) is 0. The second-order valence-electron chi connectivity index (χ2n) is 3.28. The molecule has 0 radical (unpaired) electrons. The van der Waals surface area contributed by atoms with E-state index in [1.807, 2.05) is 0 Å². The SMILES string of the molecule is Nc1ccncc1S(=O)(=O)NCCOCC(F)F. The Morgan fingerprint density at radius 1 is 1.50 bits per heavy atom. The Hall–Kier alpha value is -1.32. The smallest absolute Gasteiger partial charge is 0.261 e. The molecule has 102 valence electrons. The molecule has 0 unspecified atom stereocenters. The van der Waals surface area contributed by atoms with E-state index in [0.717, 1.165) is 6.20 Å². The number of halogens is 2. The van der Waals surface area contributed by atoms with E-state index >= 15 is 0 Å². The minimum absolute atomic E-state index is 0.0611. The number of hydrogen-bond acceptors (Lipinski definition) is 5. The van der Waals surface area contributed by atoms with Gasteiger partial charge in [0, 0.05) is 18.9 Å². The van der Waals surface area contributed by atoms with Gasteiger partial charge in [0.1, 0.15) is 11.5 Å². The van der Waals surface area contributed by atoms with Crippen LogP contribution in [0.5, 0.6) is 0 Å². The van der Waals surface area contributed by atoms with Crippen molar-refractivity contribution in [3.63, 3.8) is 0 Å². The molecule has 0 amide bonds. The summed E-state index contributed by atoms with van der Waals surface area (Å²) in [5.74, 6) is 0. The molecular formula is C9H13F2N3O3S. The number of hydrogen-bond donors (Lipinski definition) is 2. The van der Waals surface area contributed by atoms with E-state index in [4.69, 9.17) is 5.73 Å². The van der Waals surface area contributed by atoms with Crippen molar-refractivity contribution in [3.8, 4) is 0 Å². The number of aromatic nitrogens is 1. The molecule has 0 saturated carbocycles. The predicted molar refractivity (Wildman–Crippen MR) is 60.7 cm³/mol. The van der Waals surface area contributed by atoms with Crippen LogP contribution in [0.2, 0.25) is 0 Å². The number of rotatable bonds is 7. The minimum Gasteiger partial charge on any atom is -0.398 e. The van der Waals surface area contributed by atoms with Gasteiger partial charge in [-0.25, -0.2) is 21.9 Å². The molecule has 0 bridgehead atoms. The molecule has 9 heteroatoms. The van der Waals surface area contributed by atoms with Gasteiger partial charge >= 0.3 is 0 Å². The maximum atomic E-state index is 11.7. The van der Waals surface area contributed by atoms with Gasteiger partial charge in [0.15, 0.2) is 0 Å². The number of ether oxygens (including phenoxy) is 1. The highest BCUT2D eigenvalue weighted by atomic mass is 32.2. The van der Waals surface area contributed by atoms with Crippen molar-refractivity contribution in [3.05, 3.63) is 18.5 Å². The van der Waals surface area contributed by atoms with Gasteiger partial charge in [0.25, 0.3) is 6.43 Å². The molecule has 1 heterocycles. The number of nitrogens with one attached hydrogen (secondary N) is 1. The third kappa shape index (κ3) is 4.51. The highest BCUT2D eigenvalue weighted by Gasteiger charge is 2.16. The summed E-state index contributed by atoms with van der Waals surface area (Å²) in [5.41, 5.74) is 5.55. The minimum atomic E-state index is -3.80. The first-order valence-corrected chi connectivity index (χ1v) is 6.47. The third-order valence-corrected chi connectivity index (χ3v) is 3.39. The molecule has 1 rings (SSSR count). The predicted octanol–water partition coefficient (Wildman–Crippen LogP) is 0.224. The van der Waals surface area contributed by atoms with Crippen LogP contribution < -0.4 is 10.5 Å². The van der Waals surface area contributed by atoms with Gasteiger partial charge in [-0.3, -0.25) is 4.98 Å². The van der Waals surface area contributed by atoms with E-state index < -0.39 is 23.1 Å². The van der Waals surface area contributed by atoms with Crippen LogP contribution in [0.4, 0.5) is 14.5 Å². The van der Waals surface area contributed by atoms with Crippen LogP contribution in [-0.4, -0.2) is 39.6 Å². The Morgan fingerprint density at radius 2 is 2.22 bits per heavy atom. The monoisotopic (exact) mass is 281 g/mol. The number of pyridine rings is 1. The quantitative estimate of drug-likeness (QED) is 0.697. The summed E-state index contributed by atoms with van der Waals surface area (Å²) in [7, 11) is -3.80. The molecule has 18 heavy (non-hydrogen) atoms. The van der Waals surface area contributed by atoms with Crippen molar-refractivity contribution in [2.75, 3.05) is 25.5 Å². The van der Waals surface area contributed by atoms with Gasteiger partial charge in [-0.15, -0.1) is 0 Å². The lowest BCUT2D eigenvalue weighted by molar-refractivity contribution is 0.0199. The zero-order valence-corrected chi connectivity index (χ0v) is 10.2. The van der Waals surface area contributed by atoms with Crippen LogP contribution >= 0.6 is 0 Å². The first-order chi connectivity index (χ1) is 8.43. The van der Waals surface area contributed by atoms with Crippen molar-refractivity contribution in [1.29, 1.82) is 0 Å². The normalized spacial score (nSPS) is 11.9.